The molecule has 1 aromatic carbocycles. The van der Waals surface area contributed by atoms with Gasteiger partial charge in [-0.25, -0.2) is 0 Å². The van der Waals surface area contributed by atoms with Crippen molar-refractivity contribution in [2.45, 2.75) is 12.8 Å². The van der Waals surface area contributed by atoms with Gasteiger partial charge in [-0.15, -0.1) is 11.3 Å². The molecular formula is C17H15N3O4S. The number of nitrogens with zero attached hydrogens (tertiary/aromatic N) is 1. The highest BCUT2D eigenvalue weighted by atomic mass is 32.1. The van der Waals surface area contributed by atoms with Crippen LogP contribution in [-0.2, 0) is 9.59 Å². The van der Waals surface area contributed by atoms with E-state index in [4.69, 9.17) is 10.00 Å². The van der Waals surface area contributed by atoms with Crippen LogP contribution in [0.2, 0.25) is 0 Å². The summed E-state index contributed by atoms with van der Waals surface area (Å²) in [5.74, 6) is -0.679. The van der Waals surface area contributed by atoms with Gasteiger partial charge in [0.15, 0.2) is 12.4 Å². The van der Waals surface area contributed by atoms with Gasteiger partial charge in [-0.05, 0) is 35.7 Å². The second-order valence-electron chi connectivity index (χ2n) is 4.92. The van der Waals surface area contributed by atoms with E-state index >= 15 is 0 Å². The van der Waals surface area contributed by atoms with Gasteiger partial charge in [0, 0.05) is 12.8 Å². The van der Waals surface area contributed by atoms with E-state index in [9.17, 15) is 14.4 Å². The zero-order valence-corrected chi connectivity index (χ0v) is 14.0. The first kappa shape index (κ1) is 18.2. The Morgan fingerprint density at radius 3 is 2.40 bits per heavy atom. The molecule has 128 valence electrons. The average molecular weight is 357 g/mol. The van der Waals surface area contributed by atoms with Gasteiger partial charge in [0.1, 0.15) is 5.75 Å². The molecule has 2 aromatic rings. The third-order valence-corrected chi connectivity index (χ3v) is 3.98. The molecule has 7 nitrogen and oxygen atoms in total. The third kappa shape index (κ3) is 6.08. The van der Waals surface area contributed by atoms with E-state index in [1.807, 2.05) is 6.07 Å². The van der Waals surface area contributed by atoms with Crippen LogP contribution in [-0.4, -0.2) is 24.2 Å². The van der Waals surface area contributed by atoms with Gasteiger partial charge in [0.05, 0.1) is 16.5 Å². The van der Waals surface area contributed by atoms with Crippen LogP contribution in [0.25, 0.3) is 0 Å². The Hall–Kier alpha value is -3.18. The lowest BCUT2D eigenvalue weighted by molar-refractivity contribution is -0.130. The van der Waals surface area contributed by atoms with Crippen LogP contribution in [0.3, 0.4) is 0 Å². The van der Waals surface area contributed by atoms with Crippen LogP contribution in [0.15, 0.2) is 41.8 Å². The first-order valence-corrected chi connectivity index (χ1v) is 8.24. The maximum Gasteiger partial charge on any atom is 0.276 e. The molecule has 2 N–H and O–H groups in total. The van der Waals surface area contributed by atoms with Gasteiger partial charge in [-0.2, -0.15) is 5.26 Å². The Kier molecular flexibility index (Phi) is 6.68. The predicted octanol–water partition coefficient (Wildman–Crippen LogP) is 1.81. The summed E-state index contributed by atoms with van der Waals surface area (Å²) in [6.07, 6.45) is 0.0530. The highest BCUT2D eigenvalue weighted by Crippen LogP contribution is 2.12. The second-order valence-corrected chi connectivity index (χ2v) is 5.87. The monoisotopic (exact) mass is 357 g/mol. The van der Waals surface area contributed by atoms with Gasteiger partial charge in [0.2, 0.25) is 5.91 Å². The number of ether oxygens (including phenoxy) is 1. The molecule has 0 aliphatic carbocycles. The molecule has 25 heavy (non-hydrogen) atoms. The number of thiophene rings is 1. The summed E-state index contributed by atoms with van der Waals surface area (Å²) >= 11 is 1.32. The predicted molar refractivity (Wildman–Crippen MR) is 90.8 cm³/mol. The Morgan fingerprint density at radius 2 is 1.76 bits per heavy atom. The van der Waals surface area contributed by atoms with E-state index in [1.165, 1.54) is 11.3 Å². The molecule has 2 rings (SSSR count). The lowest BCUT2D eigenvalue weighted by Gasteiger charge is -2.08. The normalized spacial score (nSPS) is 9.72. The van der Waals surface area contributed by atoms with Crippen LogP contribution in [0.4, 0.5) is 0 Å². The molecule has 2 amide bonds. The van der Waals surface area contributed by atoms with Crippen molar-refractivity contribution in [1.82, 2.24) is 10.9 Å². The van der Waals surface area contributed by atoms with Crippen molar-refractivity contribution in [3.05, 3.63) is 52.2 Å². The van der Waals surface area contributed by atoms with Crippen molar-refractivity contribution >= 4 is 28.9 Å². The largest absolute Gasteiger partial charge is 0.484 e. The minimum Gasteiger partial charge on any atom is -0.484 e. The summed E-state index contributed by atoms with van der Waals surface area (Å²) in [5.41, 5.74) is 4.92. The zero-order chi connectivity index (χ0) is 18.1. The second kappa shape index (κ2) is 9.20. The van der Waals surface area contributed by atoms with E-state index in [0.29, 0.717) is 16.2 Å². The molecule has 0 aliphatic rings. The molecule has 0 bridgehead atoms. The van der Waals surface area contributed by atoms with E-state index in [0.717, 1.165) is 0 Å². The SMILES string of the molecule is N#Cc1ccc(OCC(=O)NNC(=O)CCC(=O)c2cccs2)cc1. The van der Waals surface area contributed by atoms with E-state index in [-0.39, 0.29) is 25.2 Å². The smallest absolute Gasteiger partial charge is 0.276 e. The highest BCUT2D eigenvalue weighted by Gasteiger charge is 2.11. The number of hydrogen-bond acceptors (Lipinski definition) is 6. The van der Waals surface area contributed by atoms with Crippen LogP contribution in [0.5, 0.6) is 5.75 Å². The number of carbonyl (C=O) groups excluding carboxylic acids is 3. The standard InChI is InChI=1S/C17H15N3O4S/c18-10-12-3-5-13(6-4-12)24-11-17(23)20-19-16(22)8-7-14(21)15-2-1-9-25-15/h1-6,9H,7-8,11H2,(H,19,22)(H,20,23). The first-order chi connectivity index (χ1) is 12.1. The van der Waals surface area contributed by atoms with Gasteiger partial charge in [0.25, 0.3) is 5.91 Å². The summed E-state index contributed by atoms with van der Waals surface area (Å²) in [6.45, 7) is -0.291. The molecular weight excluding hydrogens is 342 g/mol. The van der Waals surface area contributed by atoms with Crippen molar-refractivity contribution < 1.29 is 19.1 Å². The number of Topliss-reactive ketones (excluding diaryl/α,β-unsaturated/α-hetero) is 1. The quantitative estimate of drug-likeness (QED) is 0.580. The number of nitriles is 1. The topological polar surface area (TPSA) is 108 Å². The molecule has 0 unspecified atom stereocenters. The molecule has 1 heterocycles. The number of amides is 2. The molecule has 1 aromatic heterocycles. The molecule has 0 atom stereocenters. The number of ketones is 1. The molecule has 0 fully saturated rings. The average Bonchev–Trinajstić information content (AvgIpc) is 3.18. The number of hydrazine groups is 1. The Bertz CT molecular complexity index is 779. The van der Waals surface area contributed by atoms with Crippen molar-refractivity contribution in [2.75, 3.05) is 6.61 Å². The molecule has 0 saturated carbocycles. The van der Waals surface area contributed by atoms with Gasteiger partial charge in [-0.3, -0.25) is 25.2 Å². The van der Waals surface area contributed by atoms with Crippen LogP contribution in [0.1, 0.15) is 28.1 Å². The number of carbonyl (C=O) groups is 3. The van der Waals surface area contributed by atoms with Crippen molar-refractivity contribution in [3.63, 3.8) is 0 Å². The van der Waals surface area contributed by atoms with Crippen LogP contribution in [0, 0.1) is 11.3 Å². The first-order valence-electron chi connectivity index (χ1n) is 7.36. The fourth-order valence-corrected chi connectivity index (χ4v) is 2.49. The summed E-state index contributed by atoms with van der Waals surface area (Å²) in [6, 6.07) is 11.7. The number of nitrogens with one attached hydrogen (secondary N) is 2. The fraction of sp³-hybridized carbons (Fsp3) is 0.176. The lowest BCUT2D eigenvalue weighted by Crippen LogP contribution is -2.43. The van der Waals surface area contributed by atoms with Gasteiger partial charge < -0.3 is 4.74 Å². The lowest BCUT2D eigenvalue weighted by atomic mass is 10.2. The highest BCUT2D eigenvalue weighted by molar-refractivity contribution is 7.12. The fourth-order valence-electron chi connectivity index (χ4n) is 1.80. The molecule has 0 spiro atoms. The number of benzene rings is 1. The molecule has 0 radical (unpaired) electrons. The number of rotatable bonds is 7. The molecule has 0 aliphatic heterocycles. The van der Waals surface area contributed by atoms with Crippen molar-refractivity contribution in [1.29, 1.82) is 5.26 Å². The van der Waals surface area contributed by atoms with Gasteiger partial charge in [-0.1, -0.05) is 6.07 Å². The summed E-state index contributed by atoms with van der Waals surface area (Å²) in [4.78, 5) is 35.6. The summed E-state index contributed by atoms with van der Waals surface area (Å²) in [5, 5.41) is 10.5. The maximum atomic E-state index is 11.8. The van der Waals surface area contributed by atoms with Crippen molar-refractivity contribution in [3.8, 4) is 11.8 Å². The van der Waals surface area contributed by atoms with Crippen molar-refractivity contribution in [2.24, 2.45) is 0 Å². The summed E-state index contributed by atoms with van der Waals surface area (Å²) < 4.78 is 5.22. The zero-order valence-electron chi connectivity index (χ0n) is 13.2. The third-order valence-electron chi connectivity index (χ3n) is 3.07. The van der Waals surface area contributed by atoms with E-state index in [1.54, 1.807) is 41.8 Å². The Labute approximate surface area is 148 Å². The Morgan fingerprint density at radius 1 is 1.04 bits per heavy atom. The maximum absolute atomic E-state index is 11.8. The van der Waals surface area contributed by atoms with Gasteiger partial charge >= 0.3 is 0 Å². The van der Waals surface area contributed by atoms with E-state index < -0.39 is 11.8 Å². The minimum absolute atomic E-state index is 0.0203. The van der Waals surface area contributed by atoms with Crippen LogP contribution < -0.4 is 15.6 Å². The number of hydrogen-bond donors (Lipinski definition) is 2. The molecule has 8 heteroatoms. The minimum atomic E-state index is -0.540. The molecule has 0 saturated heterocycles. The summed E-state index contributed by atoms with van der Waals surface area (Å²) in [7, 11) is 0. The van der Waals surface area contributed by atoms with Crippen LogP contribution >= 0.6 is 11.3 Å². The Balaban J connectivity index is 1.64. The van der Waals surface area contributed by atoms with E-state index in [2.05, 4.69) is 10.9 Å².